The fourth-order valence-electron chi connectivity index (χ4n) is 3.68. The highest BCUT2D eigenvalue weighted by atomic mass is 16.5. The highest BCUT2D eigenvalue weighted by Gasteiger charge is 2.48. The lowest BCUT2D eigenvalue weighted by Gasteiger charge is -2.30. The number of benzene rings is 1. The van der Waals surface area contributed by atoms with Gasteiger partial charge in [-0.05, 0) is 23.8 Å². The molecule has 2 atom stereocenters. The molecule has 1 unspecified atom stereocenters. The van der Waals surface area contributed by atoms with E-state index in [1.165, 1.54) is 37.6 Å². The molecule has 1 saturated heterocycles. The highest BCUT2D eigenvalue weighted by molar-refractivity contribution is 5.99. The van der Waals surface area contributed by atoms with Crippen LogP contribution < -0.4 is 15.4 Å². The van der Waals surface area contributed by atoms with Crippen molar-refractivity contribution in [2.24, 2.45) is 0 Å². The summed E-state index contributed by atoms with van der Waals surface area (Å²) < 4.78 is 9.95. The van der Waals surface area contributed by atoms with Crippen molar-refractivity contribution in [2.75, 3.05) is 20.8 Å². The summed E-state index contributed by atoms with van der Waals surface area (Å²) in [6.07, 6.45) is 1.41. The second-order valence-electron chi connectivity index (χ2n) is 7.32. The van der Waals surface area contributed by atoms with Crippen molar-refractivity contribution in [1.82, 2.24) is 20.5 Å². The zero-order valence-electron chi connectivity index (χ0n) is 17.3. The summed E-state index contributed by atoms with van der Waals surface area (Å²) in [4.78, 5) is 42.4. The van der Waals surface area contributed by atoms with Gasteiger partial charge in [0.2, 0.25) is 0 Å². The van der Waals surface area contributed by atoms with E-state index < -0.39 is 23.8 Å². The van der Waals surface area contributed by atoms with Gasteiger partial charge in [0.1, 0.15) is 5.75 Å². The maximum Gasteiger partial charge on any atom is 0.339 e. The fourth-order valence-corrected chi connectivity index (χ4v) is 3.68. The monoisotopic (exact) mass is 436 g/mol. The van der Waals surface area contributed by atoms with E-state index in [2.05, 4.69) is 27.5 Å². The van der Waals surface area contributed by atoms with Gasteiger partial charge in [0.25, 0.3) is 5.91 Å². The number of rotatable bonds is 4. The van der Waals surface area contributed by atoms with Crippen molar-refractivity contribution < 1.29 is 29.0 Å². The van der Waals surface area contributed by atoms with Crippen LogP contribution in [0.1, 0.15) is 31.8 Å². The number of nitrogens with one attached hydrogen (secondary N) is 2. The van der Waals surface area contributed by atoms with Crippen LogP contribution in [0.3, 0.4) is 0 Å². The minimum Gasteiger partial charge on any atom is -0.497 e. The lowest BCUT2D eigenvalue weighted by Crippen LogP contribution is -2.56. The number of aromatic nitrogens is 1. The number of esters is 1. The first-order valence-corrected chi connectivity index (χ1v) is 9.65. The topological polar surface area (TPSA) is 130 Å². The Morgan fingerprint density at radius 1 is 1.34 bits per heavy atom. The predicted octanol–water partition coefficient (Wildman–Crippen LogP) is 0.254. The zero-order chi connectivity index (χ0) is 22.9. The van der Waals surface area contributed by atoms with Crippen LogP contribution in [0.25, 0.3) is 0 Å². The molecule has 1 fully saturated rings. The van der Waals surface area contributed by atoms with Crippen LogP contribution in [0.2, 0.25) is 0 Å². The Kier molecular flexibility index (Phi) is 5.42. The molecule has 0 radical (unpaired) electrons. The third-order valence-corrected chi connectivity index (χ3v) is 5.35. The number of carbonyl (C=O) groups is 3. The number of hydrogen-bond acceptors (Lipinski definition) is 7. The lowest BCUT2D eigenvalue weighted by molar-refractivity contribution is 0.0597. The number of methoxy groups -OCH3 is 2. The van der Waals surface area contributed by atoms with E-state index in [-0.39, 0.29) is 30.1 Å². The molecule has 4 rings (SSSR count). The van der Waals surface area contributed by atoms with E-state index in [0.717, 1.165) is 5.56 Å². The first-order valence-electron chi connectivity index (χ1n) is 9.65. The maximum atomic E-state index is 13.0. The standard InChI is InChI=1S/C22H20N4O6/c1-31-15-4-3-14-11-26(18(27)17(14)9-15)12-22(20(29)24-21(30)25-22)7-5-13-10-23-8-6-16(13)19(28)32-2/h3-4,6,8-10,20,29H,11-12H2,1-2H3,(H2,24,25,30)/t20?,22-/m1/s1. The molecule has 2 aliphatic rings. The number of aliphatic hydroxyl groups is 1. The number of nitrogens with zero attached hydrogens (tertiary/aromatic N) is 2. The average Bonchev–Trinajstić information content (AvgIpc) is 3.26. The van der Waals surface area contributed by atoms with Gasteiger partial charge < -0.3 is 30.1 Å². The summed E-state index contributed by atoms with van der Waals surface area (Å²) in [6.45, 7) is 0.189. The second-order valence-corrected chi connectivity index (χ2v) is 7.32. The normalized spacial score (nSPS) is 21.2. The summed E-state index contributed by atoms with van der Waals surface area (Å²) in [5.74, 6) is 5.33. The van der Waals surface area contributed by atoms with Gasteiger partial charge in [-0.3, -0.25) is 9.78 Å². The van der Waals surface area contributed by atoms with Crippen LogP contribution >= 0.6 is 0 Å². The molecular weight excluding hydrogens is 416 g/mol. The third-order valence-electron chi connectivity index (χ3n) is 5.35. The molecule has 2 aliphatic heterocycles. The zero-order valence-corrected chi connectivity index (χ0v) is 17.3. The molecule has 10 nitrogen and oxygen atoms in total. The van der Waals surface area contributed by atoms with E-state index in [1.54, 1.807) is 18.2 Å². The van der Waals surface area contributed by atoms with Crippen LogP contribution in [0.4, 0.5) is 4.79 Å². The molecule has 3 amide bonds. The predicted molar refractivity (Wildman–Crippen MR) is 111 cm³/mol. The third kappa shape index (κ3) is 3.70. The van der Waals surface area contributed by atoms with Gasteiger partial charge in [-0.1, -0.05) is 17.9 Å². The summed E-state index contributed by atoms with van der Waals surface area (Å²) >= 11 is 0. The van der Waals surface area contributed by atoms with Crippen LogP contribution in [-0.2, 0) is 11.3 Å². The molecule has 32 heavy (non-hydrogen) atoms. The Balaban J connectivity index is 1.67. The minimum atomic E-state index is -1.51. The van der Waals surface area contributed by atoms with Gasteiger partial charge in [-0.2, -0.15) is 0 Å². The Morgan fingerprint density at radius 3 is 2.84 bits per heavy atom. The number of fused-ring (bicyclic) bond motifs is 1. The SMILES string of the molecule is COC(=O)c1ccncc1C#C[C@]1(CN2Cc3ccc(OC)cc3C2=O)NC(=O)NC1O. The Labute approximate surface area is 183 Å². The van der Waals surface area contributed by atoms with Gasteiger partial charge in [0.05, 0.1) is 31.9 Å². The first-order chi connectivity index (χ1) is 15.4. The minimum absolute atomic E-state index is 0.0937. The molecular formula is C22H20N4O6. The maximum absolute atomic E-state index is 13.0. The quantitative estimate of drug-likeness (QED) is 0.463. The molecule has 1 aromatic carbocycles. The molecule has 2 aromatic rings. The summed E-state index contributed by atoms with van der Waals surface area (Å²) in [6, 6.07) is 6.03. The Hall–Kier alpha value is -4.10. The second kappa shape index (κ2) is 8.20. The van der Waals surface area contributed by atoms with Crippen LogP contribution in [0.15, 0.2) is 36.7 Å². The van der Waals surface area contributed by atoms with Gasteiger partial charge in [0.15, 0.2) is 11.8 Å². The molecule has 10 heteroatoms. The van der Waals surface area contributed by atoms with E-state index in [0.29, 0.717) is 11.3 Å². The van der Waals surface area contributed by atoms with E-state index >= 15 is 0 Å². The number of amides is 3. The van der Waals surface area contributed by atoms with E-state index in [4.69, 9.17) is 9.47 Å². The first kappa shape index (κ1) is 21.1. The number of pyridine rings is 1. The van der Waals surface area contributed by atoms with Crippen molar-refractivity contribution in [3.05, 3.63) is 58.9 Å². The summed E-state index contributed by atoms with van der Waals surface area (Å²) in [7, 11) is 2.76. The summed E-state index contributed by atoms with van der Waals surface area (Å²) in [5.41, 5.74) is 0.217. The number of hydrogen-bond donors (Lipinski definition) is 3. The van der Waals surface area contributed by atoms with Gasteiger partial charge in [-0.25, -0.2) is 9.59 Å². The Bertz CT molecular complexity index is 1170. The number of urea groups is 1. The molecule has 164 valence electrons. The molecule has 1 aromatic heterocycles. The van der Waals surface area contributed by atoms with Gasteiger partial charge >= 0.3 is 12.0 Å². The fraction of sp³-hybridized carbons (Fsp3) is 0.273. The van der Waals surface area contributed by atoms with Crippen LogP contribution in [-0.4, -0.2) is 65.4 Å². The van der Waals surface area contributed by atoms with Crippen LogP contribution in [0.5, 0.6) is 5.75 Å². The smallest absolute Gasteiger partial charge is 0.339 e. The number of carbonyl (C=O) groups excluding carboxylic acids is 3. The van der Waals surface area contributed by atoms with Crippen molar-refractivity contribution in [3.8, 4) is 17.6 Å². The molecule has 0 aliphatic carbocycles. The number of aliphatic hydroxyl groups excluding tert-OH is 1. The largest absolute Gasteiger partial charge is 0.497 e. The number of ether oxygens (including phenoxy) is 2. The lowest BCUT2D eigenvalue weighted by atomic mass is 9.97. The van der Waals surface area contributed by atoms with Crippen molar-refractivity contribution in [1.29, 1.82) is 0 Å². The van der Waals surface area contributed by atoms with Crippen molar-refractivity contribution in [3.63, 3.8) is 0 Å². The van der Waals surface area contributed by atoms with Crippen molar-refractivity contribution in [2.45, 2.75) is 18.3 Å². The summed E-state index contributed by atoms with van der Waals surface area (Å²) in [5, 5.41) is 15.6. The van der Waals surface area contributed by atoms with E-state index in [9.17, 15) is 19.5 Å². The van der Waals surface area contributed by atoms with Gasteiger partial charge in [-0.15, -0.1) is 0 Å². The average molecular weight is 436 g/mol. The van der Waals surface area contributed by atoms with Crippen molar-refractivity contribution >= 4 is 17.9 Å². The molecule has 3 N–H and O–H groups in total. The molecule has 3 heterocycles. The molecule has 0 bridgehead atoms. The molecule has 0 spiro atoms. The van der Waals surface area contributed by atoms with Crippen LogP contribution in [0, 0.1) is 11.8 Å². The molecule has 0 saturated carbocycles. The van der Waals surface area contributed by atoms with Gasteiger partial charge in [0, 0.05) is 24.5 Å². The highest BCUT2D eigenvalue weighted by Crippen LogP contribution is 2.29. The van der Waals surface area contributed by atoms with E-state index in [1.807, 2.05) is 0 Å². The Morgan fingerprint density at radius 2 is 2.16 bits per heavy atom.